The summed E-state index contributed by atoms with van der Waals surface area (Å²) < 4.78 is 18.9. The second kappa shape index (κ2) is 6.07. The van der Waals surface area contributed by atoms with Crippen LogP contribution in [0.2, 0.25) is 0 Å². The Kier molecular flexibility index (Phi) is 4.21. The third-order valence-electron chi connectivity index (χ3n) is 3.09. The van der Waals surface area contributed by atoms with Crippen molar-refractivity contribution < 1.29 is 9.13 Å². The van der Waals surface area contributed by atoms with Crippen molar-refractivity contribution in [2.75, 3.05) is 12.4 Å². The van der Waals surface area contributed by atoms with Crippen molar-refractivity contribution in [2.45, 2.75) is 13.0 Å². The lowest BCUT2D eigenvalue weighted by atomic mass is 10.1. The van der Waals surface area contributed by atoms with Crippen LogP contribution in [0.25, 0.3) is 0 Å². The highest BCUT2D eigenvalue weighted by Gasteiger charge is 2.12. The Morgan fingerprint density at radius 3 is 2.65 bits per heavy atom. The van der Waals surface area contributed by atoms with Crippen LogP contribution in [0.4, 0.5) is 10.1 Å². The van der Waals surface area contributed by atoms with Crippen molar-refractivity contribution in [3.05, 3.63) is 59.4 Å². The fourth-order valence-corrected chi connectivity index (χ4v) is 2.00. The van der Waals surface area contributed by atoms with Crippen molar-refractivity contribution in [3.63, 3.8) is 0 Å². The normalized spacial score (nSPS) is 11.5. The lowest BCUT2D eigenvalue weighted by Gasteiger charge is -2.17. The molecule has 0 saturated heterocycles. The summed E-state index contributed by atoms with van der Waals surface area (Å²) in [6.45, 7) is 1.85. The molecule has 0 aliphatic carbocycles. The number of nitrogens with zero attached hydrogens (tertiary/aromatic N) is 1. The Hall–Kier alpha value is -2.54. The summed E-state index contributed by atoms with van der Waals surface area (Å²) in [7, 11) is 1.56. The van der Waals surface area contributed by atoms with Gasteiger partial charge in [0.15, 0.2) is 0 Å². The molecule has 2 rings (SSSR count). The van der Waals surface area contributed by atoms with Gasteiger partial charge in [-0.15, -0.1) is 0 Å². The second-order valence-corrected chi connectivity index (χ2v) is 4.41. The molecule has 0 amide bonds. The Labute approximate surface area is 117 Å². The average molecular weight is 270 g/mol. The first kappa shape index (κ1) is 13.9. The molecular formula is C16H15FN2O. The monoisotopic (exact) mass is 270 g/mol. The van der Waals surface area contributed by atoms with Crippen LogP contribution in [0.5, 0.6) is 5.75 Å². The van der Waals surface area contributed by atoms with E-state index in [1.807, 2.05) is 6.92 Å². The topological polar surface area (TPSA) is 45.0 Å². The molecule has 3 nitrogen and oxygen atoms in total. The fourth-order valence-electron chi connectivity index (χ4n) is 2.00. The molecule has 0 fully saturated rings. The van der Waals surface area contributed by atoms with Gasteiger partial charge in [-0.05, 0) is 25.1 Å². The first-order chi connectivity index (χ1) is 9.65. The van der Waals surface area contributed by atoms with E-state index in [2.05, 4.69) is 11.4 Å². The molecule has 2 aromatic carbocycles. The van der Waals surface area contributed by atoms with Crippen LogP contribution < -0.4 is 10.1 Å². The molecule has 1 N–H and O–H groups in total. The number of hydrogen-bond donors (Lipinski definition) is 1. The van der Waals surface area contributed by atoms with Crippen LogP contribution in [0, 0.1) is 17.1 Å². The van der Waals surface area contributed by atoms with Gasteiger partial charge in [-0.2, -0.15) is 5.26 Å². The maximum atomic E-state index is 13.7. The van der Waals surface area contributed by atoms with Gasteiger partial charge in [0.1, 0.15) is 17.6 Å². The minimum atomic E-state index is -0.270. The molecule has 0 heterocycles. The number of anilines is 1. The van der Waals surface area contributed by atoms with E-state index in [-0.39, 0.29) is 11.9 Å². The second-order valence-electron chi connectivity index (χ2n) is 4.41. The summed E-state index contributed by atoms with van der Waals surface area (Å²) >= 11 is 0. The summed E-state index contributed by atoms with van der Waals surface area (Å²) in [6.07, 6.45) is 0. The zero-order valence-electron chi connectivity index (χ0n) is 11.4. The Bertz CT molecular complexity index is 649. The smallest absolute Gasteiger partial charge is 0.128 e. The fraction of sp³-hybridized carbons (Fsp3) is 0.188. The third-order valence-corrected chi connectivity index (χ3v) is 3.09. The lowest BCUT2D eigenvalue weighted by molar-refractivity contribution is 0.415. The zero-order valence-corrected chi connectivity index (χ0v) is 11.4. The number of nitriles is 1. The summed E-state index contributed by atoms with van der Waals surface area (Å²) in [4.78, 5) is 0. The summed E-state index contributed by atoms with van der Waals surface area (Å²) in [6, 6.07) is 13.6. The van der Waals surface area contributed by atoms with E-state index in [1.165, 1.54) is 6.07 Å². The maximum Gasteiger partial charge on any atom is 0.128 e. The van der Waals surface area contributed by atoms with Crippen LogP contribution in [0.1, 0.15) is 24.1 Å². The van der Waals surface area contributed by atoms with Crippen LogP contribution in [0.3, 0.4) is 0 Å². The van der Waals surface area contributed by atoms with Crippen LogP contribution in [-0.2, 0) is 0 Å². The van der Waals surface area contributed by atoms with Gasteiger partial charge >= 0.3 is 0 Å². The van der Waals surface area contributed by atoms with Gasteiger partial charge < -0.3 is 10.1 Å². The van der Waals surface area contributed by atoms with E-state index in [0.717, 1.165) is 0 Å². The van der Waals surface area contributed by atoms with Crippen LogP contribution >= 0.6 is 0 Å². The number of hydrogen-bond acceptors (Lipinski definition) is 3. The molecule has 0 bridgehead atoms. The zero-order chi connectivity index (χ0) is 14.5. The largest absolute Gasteiger partial charge is 0.497 e. The third kappa shape index (κ3) is 2.89. The minimum absolute atomic E-state index is 0.254. The number of nitrogens with one attached hydrogen (secondary N) is 1. The maximum absolute atomic E-state index is 13.7. The predicted molar refractivity (Wildman–Crippen MR) is 76.1 cm³/mol. The molecule has 4 heteroatoms. The average Bonchev–Trinajstić information content (AvgIpc) is 2.47. The number of rotatable bonds is 4. The molecule has 0 saturated carbocycles. The molecule has 0 radical (unpaired) electrons. The van der Waals surface area contributed by atoms with Gasteiger partial charge in [0.2, 0.25) is 0 Å². The molecule has 0 aliphatic heterocycles. The lowest BCUT2D eigenvalue weighted by Crippen LogP contribution is -2.09. The number of methoxy groups -OCH3 is 1. The highest BCUT2D eigenvalue weighted by Crippen LogP contribution is 2.27. The molecule has 20 heavy (non-hydrogen) atoms. The van der Waals surface area contributed by atoms with Gasteiger partial charge in [-0.3, -0.25) is 0 Å². The van der Waals surface area contributed by atoms with Gasteiger partial charge in [-0.25, -0.2) is 4.39 Å². The van der Waals surface area contributed by atoms with Crippen molar-refractivity contribution >= 4 is 5.69 Å². The van der Waals surface area contributed by atoms with Crippen molar-refractivity contribution in [2.24, 2.45) is 0 Å². The number of halogens is 1. The summed E-state index contributed by atoms with van der Waals surface area (Å²) in [5, 5.41) is 12.3. The van der Waals surface area contributed by atoms with Crippen LogP contribution in [0.15, 0.2) is 42.5 Å². The van der Waals surface area contributed by atoms with E-state index >= 15 is 0 Å². The van der Waals surface area contributed by atoms with Crippen molar-refractivity contribution in [1.29, 1.82) is 5.26 Å². The molecule has 102 valence electrons. The van der Waals surface area contributed by atoms with Crippen LogP contribution in [-0.4, -0.2) is 7.11 Å². The first-order valence-electron chi connectivity index (χ1n) is 6.25. The summed E-state index contributed by atoms with van der Waals surface area (Å²) in [5.74, 6) is 0.376. The Balaban J connectivity index is 2.30. The highest BCUT2D eigenvalue weighted by atomic mass is 19.1. The van der Waals surface area contributed by atoms with E-state index in [9.17, 15) is 4.39 Å². The molecule has 0 aromatic heterocycles. The highest BCUT2D eigenvalue weighted by molar-refractivity contribution is 5.61. The molecule has 0 spiro atoms. The SMILES string of the molecule is COc1ccc(C#N)c(NC(C)c2ccccc2F)c1. The summed E-state index contributed by atoms with van der Waals surface area (Å²) in [5.41, 5.74) is 1.68. The molecule has 1 atom stereocenters. The van der Waals surface area contributed by atoms with E-state index in [1.54, 1.807) is 43.5 Å². The van der Waals surface area contributed by atoms with Gasteiger partial charge in [0, 0.05) is 11.6 Å². The van der Waals surface area contributed by atoms with E-state index in [4.69, 9.17) is 10.00 Å². The molecule has 0 aliphatic rings. The van der Waals surface area contributed by atoms with E-state index in [0.29, 0.717) is 22.6 Å². The van der Waals surface area contributed by atoms with Crippen molar-refractivity contribution in [3.8, 4) is 11.8 Å². The number of benzene rings is 2. The standard InChI is InChI=1S/C16H15FN2O/c1-11(14-5-3-4-6-15(14)17)19-16-9-13(20-2)8-7-12(16)10-18/h3-9,11,19H,1-2H3. The number of ether oxygens (including phenoxy) is 1. The molecular weight excluding hydrogens is 255 g/mol. The van der Waals surface area contributed by atoms with Crippen molar-refractivity contribution in [1.82, 2.24) is 0 Å². The Morgan fingerprint density at radius 2 is 2.00 bits per heavy atom. The van der Waals surface area contributed by atoms with E-state index < -0.39 is 0 Å². The minimum Gasteiger partial charge on any atom is -0.497 e. The first-order valence-corrected chi connectivity index (χ1v) is 6.25. The Morgan fingerprint density at radius 1 is 1.25 bits per heavy atom. The molecule has 1 unspecified atom stereocenters. The predicted octanol–water partition coefficient (Wildman–Crippen LogP) is 3.88. The van der Waals surface area contributed by atoms with Gasteiger partial charge in [0.25, 0.3) is 0 Å². The quantitative estimate of drug-likeness (QED) is 0.917. The van der Waals surface area contributed by atoms with Gasteiger partial charge in [-0.1, -0.05) is 18.2 Å². The molecule has 2 aromatic rings. The van der Waals surface area contributed by atoms with Gasteiger partial charge in [0.05, 0.1) is 24.4 Å².